The Labute approximate surface area is 209 Å². The Balaban J connectivity index is 1.26. The lowest BCUT2D eigenvalue weighted by molar-refractivity contribution is -0.128. The van der Waals surface area contributed by atoms with Crippen molar-refractivity contribution in [2.45, 2.75) is 63.2 Å². The van der Waals surface area contributed by atoms with Crippen LogP contribution in [0.15, 0.2) is 47.8 Å². The molecule has 1 N–H and O–H groups in total. The molecule has 3 heterocycles. The van der Waals surface area contributed by atoms with Gasteiger partial charge in [-0.1, -0.05) is 36.0 Å². The number of amides is 2. The maximum atomic E-state index is 12.8. The smallest absolute Gasteiger partial charge is 0.230 e. The number of aryl methyl sites for hydroxylation is 2. The third kappa shape index (κ3) is 5.40. The number of fused-ring (bicyclic) bond motifs is 1. The number of rotatable bonds is 8. The largest absolute Gasteiger partial charge is 0.349 e. The summed E-state index contributed by atoms with van der Waals surface area (Å²) in [5.74, 6) is 1.59. The third-order valence-corrected chi connectivity index (χ3v) is 7.59. The number of nitrogens with zero attached hydrogens (tertiary/aromatic N) is 5. The maximum absolute atomic E-state index is 12.8. The van der Waals surface area contributed by atoms with E-state index in [1.54, 1.807) is 11.1 Å². The van der Waals surface area contributed by atoms with Crippen LogP contribution in [0.4, 0.5) is 0 Å². The van der Waals surface area contributed by atoms with Crippen LogP contribution < -0.4 is 5.32 Å². The Morgan fingerprint density at radius 1 is 1.09 bits per heavy atom. The Morgan fingerprint density at radius 2 is 1.94 bits per heavy atom. The molecule has 0 radical (unpaired) electrons. The van der Waals surface area contributed by atoms with Crippen LogP contribution in [0.25, 0.3) is 5.82 Å². The summed E-state index contributed by atoms with van der Waals surface area (Å²) in [7, 11) is 0. The highest BCUT2D eigenvalue weighted by Gasteiger charge is 2.25. The highest BCUT2D eigenvalue weighted by molar-refractivity contribution is 7.99. The van der Waals surface area contributed by atoms with Gasteiger partial charge >= 0.3 is 0 Å². The van der Waals surface area contributed by atoms with E-state index in [9.17, 15) is 9.59 Å². The molecule has 2 aromatic heterocycles. The molecular weight excluding hydrogens is 460 g/mol. The summed E-state index contributed by atoms with van der Waals surface area (Å²) in [5.41, 5.74) is 3.99. The van der Waals surface area contributed by atoms with E-state index in [1.165, 1.54) is 35.7 Å². The van der Waals surface area contributed by atoms with Crippen LogP contribution in [0.2, 0.25) is 0 Å². The lowest BCUT2D eigenvalue weighted by atomic mass is 9.89. The van der Waals surface area contributed by atoms with Crippen molar-refractivity contribution in [1.82, 2.24) is 30.0 Å². The average molecular weight is 491 g/mol. The van der Waals surface area contributed by atoms with Gasteiger partial charge in [0.2, 0.25) is 11.8 Å². The predicted octanol–water partition coefficient (Wildman–Crippen LogP) is 3.63. The normalized spacial score (nSPS) is 16.3. The molecule has 1 aliphatic heterocycles. The Hall–Kier alpha value is -3.20. The maximum Gasteiger partial charge on any atom is 0.230 e. The molecule has 3 aromatic rings. The van der Waals surface area contributed by atoms with Gasteiger partial charge in [-0.3, -0.25) is 14.2 Å². The van der Waals surface area contributed by atoms with Crippen molar-refractivity contribution >= 4 is 23.6 Å². The van der Waals surface area contributed by atoms with Crippen molar-refractivity contribution in [3.05, 3.63) is 65.1 Å². The lowest BCUT2D eigenvalue weighted by Gasteiger charge is -2.20. The summed E-state index contributed by atoms with van der Waals surface area (Å²) in [6.45, 7) is 3.12. The Kier molecular flexibility index (Phi) is 7.13. The lowest BCUT2D eigenvalue weighted by Crippen LogP contribution is -2.28. The Morgan fingerprint density at radius 3 is 2.71 bits per heavy atom. The van der Waals surface area contributed by atoms with E-state index < -0.39 is 0 Å². The van der Waals surface area contributed by atoms with Gasteiger partial charge in [-0.2, -0.15) is 0 Å². The molecule has 5 rings (SSSR count). The monoisotopic (exact) mass is 490 g/mol. The zero-order valence-corrected chi connectivity index (χ0v) is 20.8. The molecule has 0 unspecified atom stereocenters. The van der Waals surface area contributed by atoms with Crippen LogP contribution in [-0.2, 0) is 29.0 Å². The molecule has 9 heteroatoms. The number of thioether (sulfide) groups is 1. The fraction of sp³-hybridized carbons (Fsp3) is 0.423. The molecule has 0 saturated carbocycles. The van der Waals surface area contributed by atoms with Crippen molar-refractivity contribution in [3.63, 3.8) is 0 Å². The van der Waals surface area contributed by atoms with Crippen molar-refractivity contribution in [3.8, 4) is 5.82 Å². The molecule has 1 aromatic carbocycles. The zero-order chi connectivity index (χ0) is 24.2. The molecule has 2 amide bonds. The van der Waals surface area contributed by atoms with Crippen molar-refractivity contribution < 1.29 is 9.59 Å². The molecule has 8 nitrogen and oxygen atoms in total. The molecule has 1 saturated heterocycles. The minimum atomic E-state index is -0.0688. The summed E-state index contributed by atoms with van der Waals surface area (Å²) >= 11 is 1.32. The molecule has 1 aliphatic carbocycles. The molecule has 2 aliphatic rings. The number of hydrogen-bond donors (Lipinski definition) is 1. The highest BCUT2D eigenvalue weighted by Crippen LogP contribution is 2.26. The van der Waals surface area contributed by atoms with Crippen LogP contribution in [0.1, 0.15) is 61.2 Å². The SMILES string of the molecule is C[C@@H](NC(=O)CSc1nnc(CN2CCCC2=O)n1-c1ccccn1)c1ccc2c(c1)CCCC2. The van der Waals surface area contributed by atoms with Gasteiger partial charge in [0.25, 0.3) is 0 Å². The van der Waals surface area contributed by atoms with Gasteiger partial charge < -0.3 is 10.2 Å². The van der Waals surface area contributed by atoms with Gasteiger partial charge in [0.05, 0.1) is 18.3 Å². The molecule has 35 heavy (non-hydrogen) atoms. The van der Waals surface area contributed by atoms with E-state index in [4.69, 9.17) is 0 Å². The fourth-order valence-electron chi connectivity index (χ4n) is 4.77. The number of likely N-dealkylation sites (tertiary alicyclic amines) is 1. The van der Waals surface area contributed by atoms with E-state index in [1.807, 2.05) is 29.7 Å². The summed E-state index contributed by atoms with van der Waals surface area (Å²) in [5, 5.41) is 12.4. The van der Waals surface area contributed by atoms with Crippen molar-refractivity contribution in [2.75, 3.05) is 12.3 Å². The fourth-order valence-corrected chi connectivity index (χ4v) is 5.54. The molecule has 1 fully saturated rings. The van der Waals surface area contributed by atoms with Crippen LogP contribution in [0.5, 0.6) is 0 Å². The predicted molar refractivity (Wildman–Crippen MR) is 134 cm³/mol. The molecule has 182 valence electrons. The van der Waals surface area contributed by atoms with Gasteiger partial charge in [-0.15, -0.1) is 10.2 Å². The van der Waals surface area contributed by atoms with E-state index in [2.05, 4.69) is 38.7 Å². The van der Waals surface area contributed by atoms with Gasteiger partial charge in [-0.25, -0.2) is 4.98 Å². The van der Waals surface area contributed by atoms with E-state index in [-0.39, 0.29) is 23.6 Å². The summed E-state index contributed by atoms with van der Waals surface area (Å²) < 4.78 is 1.84. The van der Waals surface area contributed by atoms with Gasteiger partial charge in [-0.05, 0) is 67.9 Å². The number of hydrogen-bond acceptors (Lipinski definition) is 6. The first-order valence-electron chi connectivity index (χ1n) is 12.3. The number of benzene rings is 1. The topological polar surface area (TPSA) is 93.0 Å². The first-order valence-corrected chi connectivity index (χ1v) is 13.2. The van der Waals surface area contributed by atoms with Crippen LogP contribution in [0.3, 0.4) is 0 Å². The second-order valence-corrected chi connectivity index (χ2v) is 10.1. The average Bonchev–Trinajstić information content (AvgIpc) is 3.48. The molecule has 0 bridgehead atoms. The molecular formula is C26H30N6O2S. The van der Waals surface area contributed by atoms with Crippen LogP contribution in [-0.4, -0.2) is 48.8 Å². The minimum Gasteiger partial charge on any atom is -0.349 e. The second kappa shape index (κ2) is 10.6. The highest BCUT2D eigenvalue weighted by atomic mass is 32.2. The second-order valence-electron chi connectivity index (χ2n) is 9.15. The third-order valence-electron chi connectivity index (χ3n) is 6.66. The van der Waals surface area contributed by atoms with Gasteiger partial charge in [0.15, 0.2) is 11.0 Å². The molecule has 0 spiro atoms. The van der Waals surface area contributed by atoms with Gasteiger partial charge in [0.1, 0.15) is 5.82 Å². The summed E-state index contributed by atoms with van der Waals surface area (Å²) in [6, 6.07) is 12.1. The van der Waals surface area contributed by atoms with E-state index in [0.29, 0.717) is 29.8 Å². The summed E-state index contributed by atoms with van der Waals surface area (Å²) in [4.78, 5) is 31.2. The number of carbonyl (C=O) groups is 2. The zero-order valence-electron chi connectivity index (χ0n) is 19.9. The standard InChI is InChI=1S/C26H30N6O2S/c1-18(20-12-11-19-7-2-3-8-21(19)15-20)28-24(33)17-35-26-30-29-23(16-31-14-6-10-25(31)34)32(26)22-9-4-5-13-27-22/h4-5,9,11-13,15,18H,2-3,6-8,10,14,16-17H2,1H3,(H,28,33)/t18-/m1/s1. The number of nitrogens with one attached hydrogen (secondary N) is 1. The first-order chi connectivity index (χ1) is 17.1. The first kappa shape index (κ1) is 23.5. The van der Waals surface area contributed by atoms with Crippen molar-refractivity contribution in [2.24, 2.45) is 0 Å². The van der Waals surface area contributed by atoms with E-state index in [0.717, 1.165) is 31.4 Å². The van der Waals surface area contributed by atoms with Crippen LogP contribution in [0, 0.1) is 0 Å². The minimum absolute atomic E-state index is 0.0629. The van der Waals surface area contributed by atoms with Crippen LogP contribution >= 0.6 is 11.8 Å². The van der Waals surface area contributed by atoms with Gasteiger partial charge in [0, 0.05) is 19.2 Å². The number of aromatic nitrogens is 4. The van der Waals surface area contributed by atoms with E-state index >= 15 is 0 Å². The number of carbonyl (C=O) groups excluding carboxylic acids is 2. The summed E-state index contributed by atoms with van der Waals surface area (Å²) in [6.07, 6.45) is 7.91. The quantitative estimate of drug-likeness (QED) is 0.485. The Bertz CT molecular complexity index is 1210. The van der Waals surface area contributed by atoms with Crippen molar-refractivity contribution in [1.29, 1.82) is 0 Å². The molecule has 1 atom stereocenters. The number of pyridine rings is 1.